The average molecular weight is 350 g/mol. The molecule has 0 bridgehead atoms. The first kappa shape index (κ1) is 17.0. The van der Waals surface area contributed by atoms with Crippen molar-refractivity contribution in [2.75, 3.05) is 10.6 Å². The van der Waals surface area contributed by atoms with E-state index in [-0.39, 0.29) is 5.56 Å². The Kier molecular flexibility index (Phi) is 4.85. The molecule has 7 heteroatoms. The van der Waals surface area contributed by atoms with Crippen LogP contribution in [0.5, 0.6) is 0 Å². The van der Waals surface area contributed by atoms with E-state index in [0.717, 1.165) is 12.1 Å². The largest absolute Gasteiger partial charge is 0.340 e. The molecule has 5 nitrogen and oxygen atoms in total. The number of anilines is 3. The highest BCUT2D eigenvalue weighted by molar-refractivity contribution is 6.04. The van der Waals surface area contributed by atoms with Crippen molar-refractivity contribution in [2.45, 2.75) is 0 Å². The van der Waals surface area contributed by atoms with Crippen LogP contribution in [-0.4, -0.2) is 10.9 Å². The zero-order chi connectivity index (χ0) is 18.5. The van der Waals surface area contributed by atoms with Crippen LogP contribution < -0.4 is 10.6 Å². The molecule has 2 N–H and O–H groups in total. The van der Waals surface area contributed by atoms with Gasteiger partial charge in [-0.2, -0.15) is 5.26 Å². The summed E-state index contributed by atoms with van der Waals surface area (Å²) in [5.41, 5.74) is 1.62. The summed E-state index contributed by atoms with van der Waals surface area (Å²) in [7, 11) is 0. The minimum absolute atomic E-state index is 0.000537. The van der Waals surface area contributed by atoms with Crippen molar-refractivity contribution >= 4 is 23.1 Å². The molecule has 0 aliphatic carbocycles. The number of aromatic nitrogens is 1. The highest BCUT2D eigenvalue weighted by Crippen LogP contribution is 2.18. The maximum Gasteiger partial charge on any atom is 0.255 e. The van der Waals surface area contributed by atoms with Crippen molar-refractivity contribution in [1.82, 2.24) is 4.98 Å². The summed E-state index contributed by atoms with van der Waals surface area (Å²) in [5, 5.41) is 14.5. The summed E-state index contributed by atoms with van der Waals surface area (Å²) in [6.07, 6.45) is 1.42. The number of rotatable bonds is 4. The van der Waals surface area contributed by atoms with E-state index in [1.165, 1.54) is 12.3 Å². The molecule has 1 amide bonds. The number of carbonyl (C=O) groups excluding carboxylic acids is 1. The van der Waals surface area contributed by atoms with Gasteiger partial charge in [0.15, 0.2) is 11.6 Å². The lowest BCUT2D eigenvalue weighted by Crippen LogP contribution is -2.12. The van der Waals surface area contributed by atoms with Crippen molar-refractivity contribution < 1.29 is 13.6 Å². The number of hydrogen-bond acceptors (Lipinski definition) is 4. The first-order valence-electron chi connectivity index (χ1n) is 7.55. The summed E-state index contributed by atoms with van der Waals surface area (Å²) >= 11 is 0. The van der Waals surface area contributed by atoms with Crippen molar-refractivity contribution in [1.29, 1.82) is 5.26 Å². The van der Waals surface area contributed by atoms with E-state index in [0.29, 0.717) is 22.8 Å². The molecule has 0 saturated heterocycles. The Morgan fingerprint density at radius 3 is 2.54 bits per heavy atom. The third kappa shape index (κ3) is 3.99. The van der Waals surface area contributed by atoms with Crippen LogP contribution in [0.15, 0.2) is 60.8 Å². The van der Waals surface area contributed by atoms with Crippen LogP contribution in [0.1, 0.15) is 15.9 Å². The number of amides is 1. The number of nitrogens with one attached hydrogen (secondary N) is 2. The van der Waals surface area contributed by atoms with Gasteiger partial charge < -0.3 is 10.6 Å². The second-order valence-electron chi connectivity index (χ2n) is 5.33. The molecule has 0 radical (unpaired) electrons. The number of benzene rings is 2. The number of halogens is 2. The van der Waals surface area contributed by atoms with Crippen molar-refractivity contribution in [3.63, 3.8) is 0 Å². The summed E-state index contributed by atoms with van der Waals surface area (Å²) in [6, 6.07) is 15.1. The zero-order valence-electron chi connectivity index (χ0n) is 13.3. The molecule has 0 fully saturated rings. The number of carbonyl (C=O) groups is 1. The third-order valence-corrected chi connectivity index (χ3v) is 3.47. The van der Waals surface area contributed by atoms with Gasteiger partial charge in [-0.05, 0) is 48.5 Å². The molecular weight excluding hydrogens is 338 g/mol. The second-order valence-corrected chi connectivity index (χ2v) is 5.33. The Morgan fingerprint density at radius 1 is 1.00 bits per heavy atom. The maximum absolute atomic E-state index is 13.2. The van der Waals surface area contributed by atoms with Gasteiger partial charge in [-0.25, -0.2) is 13.8 Å². The van der Waals surface area contributed by atoms with Gasteiger partial charge in [0.25, 0.3) is 5.91 Å². The van der Waals surface area contributed by atoms with Gasteiger partial charge in [0.05, 0.1) is 23.5 Å². The van der Waals surface area contributed by atoms with E-state index in [2.05, 4.69) is 15.6 Å². The molecule has 0 unspecified atom stereocenters. The lowest BCUT2D eigenvalue weighted by atomic mass is 10.2. The van der Waals surface area contributed by atoms with Crippen LogP contribution in [0.25, 0.3) is 0 Å². The van der Waals surface area contributed by atoms with Crippen LogP contribution in [0.3, 0.4) is 0 Å². The van der Waals surface area contributed by atoms with E-state index in [4.69, 9.17) is 5.26 Å². The number of nitriles is 1. The quantitative estimate of drug-likeness (QED) is 0.738. The Bertz CT molecular complexity index is 997. The molecule has 0 atom stereocenters. The minimum Gasteiger partial charge on any atom is -0.340 e. The van der Waals surface area contributed by atoms with Crippen LogP contribution >= 0.6 is 0 Å². The Balaban J connectivity index is 1.68. The molecule has 0 aliphatic heterocycles. The topological polar surface area (TPSA) is 77.8 Å². The van der Waals surface area contributed by atoms with Crippen LogP contribution in [0.2, 0.25) is 0 Å². The molecule has 128 valence electrons. The van der Waals surface area contributed by atoms with Crippen molar-refractivity contribution in [2.24, 2.45) is 0 Å². The van der Waals surface area contributed by atoms with Gasteiger partial charge in [-0.15, -0.1) is 0 Å². The first-order chi connectivity index (χ1) is 12.5. The fourth-order valence-corrected chi connectivity index (χ4v) is 2.20. The van der Waals surface area contributed by atoms with Gasteiger partial charge in [0.2, 0.25) is 0 Å². The first-order valence-corrected chi connectivity index (χ1v) is 7.55. The Morgan fingerprint density at radius 2 is 1.85 bits per heavy atom. The predicted octanol–water partition coefficient (Wildman–Crippen LogP) is 4.23. The molecule has 1 aromatic heterocycles. The molecule has 26 heavy (non-hydrogen) atoms. The smallest absolute Gasteiger partial charge is 0.255 e. The summed E-state index contributed by atoms with van der Waals surface area (Å²) in [4.78, 5) is 16.2. The molecule has 3 rings (SSSR count). The fourth-order valence-electron chi connectivity index (χ4n) is 2.20. The van der Waals surface area contributed by atoms with Gasteiger partial charge in [-0.1, -0.05) is 6.07 Å². The highest BCUT2D eigenvalue weighted by Gasteiger charge is 2.10. The monoisotopic (exact) mass is 350 g/mol. The predicted molar refractivity (Wildman–Crippen MR) is 93.0 cm³/mol. The Hall–Kier alpha value is -3.79. The molecule has 1 heterocycles. The lowest BCUT2D eigenvalue weighted by Gasteiger charge is -2.08. The number of pyridine rings is 1. The van der Waals surface area contributed by atoms with E-state index in [1.54, 1.807) is 36.4 Å². The normalized spacial score (nSPS) is 10.0. The fraction of sp³-hybridized carbons (Fsp3) is 0. The highest BCUT2D eigenvalue weighted by atomic mass is 19.2. The van der Waals surface area contributed by atoms with E-state index in [9.17, 15) is 13.6 Å². The summed E-state index contributed by atoms with van der Waals surface area (Å²) < 4.78 is 26.1. The van der Waals surface area contributed by atoms with E-state index in [1.807, 2.05) is 6.07 Å². The molecular formula is C19H12F2N4O. The van der Waals surface area contributed by atoms with E-state index < -0.39 is 17.5 Å². The van der Waals surface area contributed by atoms with Gasteiger partial charge >= 0.3 is 0 Å². The van der Waals surface area contributed by atoms with Crippen LogP contribution in [0.4, 0.5) is 26.0 Å². The molecule has 0 spiro atoms. The molecule has 3 aromatic rings. The Labute approximate surface area is 147 Å². The summed E-state index contributed by atoms with van der Waals surface area (Å²) in [6.45, 7) is 0. The molecule has 0 aliphatic rings. The van der Waals surface area contributed by atoms with Crippen LogP contribution in [-0.2, 0) is 0 Å². The zero-order valence-corrected chi connectivity index (χ0v) is 13.3. The van der Waals surface area contributed by atoms with Gasteiger partial charge in [-0.3, -0.25) is 4.79 Å². The van der Waals surface area contributed by atoms with E-state index >= 15 is 0 Å². The van der Waals surface area contributed by atoms with Gasteiger partial charge in [0, 0.05) is 11.3 Å². The standard InChI is InChI=1S/C19H12F2N4O/c20-16-6-4-13(9-17(16)21)19(26)25-15-5-7-18(23-11-15)24-14-3-1-2-12(8-14)10-22/h1-9,11H,(H,23,24)(H,25,26). The lowest BCUT2D eigenvalue weighted by molar-refractivity contribution is 0.102. The van der Waals surface area contributed by atoms with Crippen molar-refractivity contribution in [3.8, 4) is 6.07 Å². The maximum atomic E-state index is 13.2. The van der Waals surface area contributed by atoms with Crippen molar-refractivity contribution in [3.05, 3.63) is 83.6 Å². The van der Waals surface area contributed by atoms with Crippen LogP contribution in [0, 0.1) is 23.0 Å². The minimum atomic E-state index is -1.09. The molecule has 2 aromatic carbocycles. The second kappa shape index (κ2) is 7.40. The average Bonchev–Trinajstić information content (AvgIpc) is 2.65. The summed E-state index contributed by atoms with van der Waals surface area (Å²) in [5.74, 6) is -2.16. The van der Waals surface area contributed by atoms with Gasteiger partial charge in [0.1, 0.15) is 5.82 Å². The number of nitrogens with zero attached hydrogens (tertiary/aromatic N) is 2. The number of hydrogen-bond donors (Lipinski definition) is 2. The third-order valence-electron chi connectivity index (χ3n) is 3.47. The molecule has 0 saturated carbocycles. The SMILES string of the molecule is N#Cc1cccc(Nc2ccc(NC(=O)c3ccc(F)c(F)c3)cn2)c1.